The highest BCUT2D eigenvalue weighted by atomic mass is 16.5. The summed E-state index contributed by atoms with van der Waals surface area (Å²) in [6.45, 7) is 0.528. The van der Waals surface area contributed by atoms with Crippen LogP contribution < -0.4 is 19.5 Å². The molecule has 24 heavy (non-hydrogen) atoms. The van der Waals surface area contributed by atoms with E-state index in [1.165, 1.54) is 26.2 Å². The topological polar surface area (TPSA) is 97.3 Å². The molecule has 0 spiro atoms. The molecule has 1 heterocycles. The summed E-state index contributed by atoms with van der Waals surface area (Å²) in [5.41, 5.74) is 0.271. The number of amides is 2. The van der Waals surface area contributed by atoms with E-state index < -0.39 is 6.04 Å². The van der Waals surface area contributed by atoms with E-state index in [4.69, 9.17) is 14.2 Å². The Hall–Kier alpha value is -2.48. The smallest absolute Gasteiger partial charge is 0.258 e. The van der Waals surface area contributed by atoms with Crippen LogP contribution in [0, 0.1) is 0 Å². The van der Waals surface area contributed by atoms with E-state index in [-0.39, 0.29) is 36.2 Å². The third-order valence-corrected chi connectivity index (χ3v) is 3.93. The number of hydrogen-bond acceptors (Lipinski definition) is 6. The van der Waals surface area contributed by atoms with Crippen molar-refractivity contribution in [3.05, 3.63) is 17.7 Å². The quantitative estimate of drug-likeness (QED) is 0.760. The predicted octanol–water partition coefficient (Wildman–Crippen LogP) is 0.0354. The van der Waals surface area contributed by atoms with Crippen molar-refractivity contribution in [2.24, 2.45) is 0 Å². The number of hydrogen-bond donors (Lipinski definition) is 2. The Bertz CT molecular complexity index is 619. The molecule has 1 aromatic carbocycles. The first-order valence-corrected chi connectivity index (χ1v) is 7.57. The number of rotatable bonds is 6. The van der Waals surface area contributed by atoms with Crippen LogP contribution in [-0.2, 0) is 4.79 Å². The molecule has 1 fully saturated rings. The highest BCUT2D eigenvalue weighted by Crippen LogP contribution is 2.40. The summed E-state index contributed by atoms with van der Waals surface area (Å²) in [5, 5.41) is 11.9. The van der Waals surface area contributed by atoms with Crippen molar-refractivity contribution >= 4 is 11.8 Å². The van der Waals surface area contributed by atoms with Gasteiger partial charge in [0, 0.05) is 19.7 Å². The first-order chi connectivity index (χ1) is 11.6. The number of carbonyl (C=O) groups is 2. The largest absolute Gasteiger partial charge is 0.493 e. The summed E-state index contributed by atoms with van der Waals surface area (Å²) in [5.74, 6) is 0.361. The molecule has 1 aliphatic rings. The lowest BCUT2D eigenvalue weighted by Gasteiger charge is -2.35. The molecule has 0 saturated carbocycles. The summed E-state index contributed by atoms with van der Waals surface area (Å²) < 4.78 is 15.8. The van der Waals surface area contributed by atoms with Gasteiger partial charge in [0.05, 0.1) is 26.9 Å². The van der Waals surface area contributed by atoms with Crippen LogP contribution in [0.4, 0.5) is 0 Å². The summed E-state index contributed by atoms with van der Waals surface area (Å²) in [6, 6.07) is 2.47. The van der Waals surface area contributed by atoms with Gasteiger partial charge in [0.1, 0.15) is 6.04 Å². The number of nitrogens with one attached hydrogen (secondary N) is 1. The molecule has 2 amide bonds. The fourth-order valence-electron chi connectivity index (χ4n) is 2.79. The predicted molar refractivity (Wildman–Crippen MR) is 85.6 cm³/mol. The number of aliphatic hydroxyl groups is 1. The number of benzene rings is 1. The van der Waals surface area contributed by atoms with E-state index in [0.717, 1.165) is 0 Å². The number of carbonyl (C=O) groups excluding carboxylic acids is 2. The van der Waals surface area contributed by atoms with Gasteiger partial charge in [-0.05, 0) is 18.6 Å². The van der Waals surface area contributed by atoms with Gasteiger partial charge in [-0.1, -0.05) is 0 Å². The minimum Gasteiger partial charge on any atom is -0.493 e. The van der Waals surface area contributed by atoms with Crippen LogP contribution in [0.2, 0.25) is 0 Å². The van der Waals surface area contributed by atoms with Crippen molar-refractivity contribution in [2.45, 2.75) is 12.5 Å². The zero-order valence-electron chi connectivity index (χ0n) is 14.0. The molecule has 8 heteroatoms. The van der Waals surface area contributed by atoms with E-state index in [1.54, 1.807) is 12.1 Å². The second-order valence-corrected chi connectivity index (χ2v) is 5.20. The van der Waals surface area contributed by atoms with Crippen LogP contribution in [0.1, 0.15) is 16.8 Å². The van der Waals surface area contributed by atoms with Crippen molar-refractivity contribution < 1.29 is 28.9 Å². The molecular formula is C16H22N2O6. The SMILES string of the molecule is COc1ccc(C(=O)N2CCNC(=O)[C@H]2CCO)c(OC)c1OC. The Morgan fingerprint density at radius 3 is 2.54 bits per heavy atom. The van der Waals surface area contributed by atoms with Crippen LogP contribution in [0.3, 0.4) is 0 Å². The minimum atomic E-state index is -0.714. The minimum absolute atomic E-state index is 0.174. The van der Waals surface area contributed by atoms with Gasteiger partial charge in [0.25, 0.3) is 5.91 Å². The van der Waals surface area contributed by atoms with Gasteiger partial charge < -0.3 is 29.5 Å². The number of aliphatic hydroxyl groups excluding tert-OH is 1. The molecule has 2 rings (SSSR count). The van der Waals surface area contributed by atoms with Crippen LogP contribution >= 0.6 is 0 Å². The molecule has 1 atom stereocenters. The van der Waals surface area contributed by atoms with Crippen molar-refractivity contribution in [2.75, 3.05) is 41.0 Å². The van der Waals surface area contributed by atoms with Crippen molar-refractivity contribution in [3.8, 4) is 17.2 Å². The van der Waals surface area contributed by atoms with Crippen molar-refractivity contribution in [3.63, 3.8) is 0 Å². The van der Waals surface area contributed by atoms with E-state index >= 15 is 0 Å². The molecule has 8 nitrogen and oxygen atoms in total. The van der Waals surface area contributed by atoms with Crippen LogP contribution in [0.25, 0.3) is 0 Å². The van der Waals surface area contributed by atoms with E-state index in [9.17, 15) is 14.7 Å². The van der Waals surface area contributed by atoms with Gasteiger partial charge in [-0.3, -0.25) is 9.59 Å². The maximum Gasteiger partial charge on any atom is 0.258 e. The van der Waals surface area contributed by atoms with E-state index in [2.05, 4.69) is 5.32 Å². The Kier molecular flexibility index (Phi) is 5.86. The first-order valence-electron chi connectivity index (χ1n) is 7.57. The summed E-state index contributed by atoms with van der Waals surface area (Å²) in [6.07, 6.45) is 0.174. The van der Waals surface area contributed by atoms with E-state index in [1.807, 2.05) is 0 Å². The molecule has 1 aliphatic heterocycles. The highest BCUT2D eigenvalue weighted by molar-refractivity contribution is 6.01. The Morgan fingerprint density at radius 2 is 1.96 bits per heavy atom. The Labute approximate surface area is 140 Å². The van der Waals surface area contributed by atoms with Crippen molar-refractivity contribution in [1.29, 1.82) is 0 Å². The van der Waals surface area contributed by atoms with Gasteiger partial charge in [0.15, 0.2) is 11.5 Å². The Morgan fingerprint density at radius 1 is 1.25 bits per heavy atom. The first kappa shape index (κ1) is 17.9. The van der Waals surface area contributed by atoms with Gasteiger partial charge >= 0.3 is 0 Å². The van der Waals surface area contributed by atoms with Gasteiger partial charge in [0.2, 0.25) is 11.7 Å². The van der Waals surface area contributed by atoms with Gasteiger partial charge in [-0.25, -0.2) is 0 Å². The average Bonchev–Trinajstić information content (AvgIpc) is 2.61. The normalized spacial score (nSPS) is 17.2. The lowest BCUT2D eigenvalue weighted by atomic mass is 10.1. The molecule has 0 unspecified atom stereocenters. The molecule has 0 radical (unpaired) electrons. The van der Waals surface area contributed by atoms with Crippen molar-refractivity contribution in [1.82, 2.24) is 10.2 Å². The lowest BCUT2D eigenvalue weighted by molar-refractivity contribution is -0.128. The summed E-state index contributed by atoms with van der Waals surface area (Å²) in [4.78, 5) is 26.4. The number of nitrogens with zero attached hydrogens (tertiary/aromatic N) is 1. The van der Waals surface area contributed by atoms with E-state index in [0.29, 0.717) is 24.6 Å². The van der Waals surface area contributed by atoms with Gasteiger partial charge in [-0.15, -0.1) is 0 Å². The number of ether oxygens (including phenoxy) is 3. The Balaban J connectivity index is 2.42. The second-order valence-electron chi connectivity index (χ2n) is 5.20. The maximum absolute atomic E-state index is 13.0. The third kappa shape index (κ3) is 3.23. The zero-order valence-corrected chi connectivity index (χ0v) is 14.0. The summed E-state index contributed by atoms with van der Waals surface area (Å²) in [7, 11) is 4.38. The molecule has 0 aliphatic carbocycles. The lowest BCUT2D eigenvalue weighted by Crippen LogP contribution is -2.57. The molecular weight excluding hydrogens is 316 g/mol. The second kappa shape index (κ2) is 7.87. The molecule has 1 aromatic rings. The maximum atomic E-state index is 13.0. The molecule has 0 bridgehead atoms. The van der Waals surface area contributed by atoms with Gasteiger partial charge in [-0.2, -0.15) is 0 Å². The average molecular weight is 338 g/mol. The monoisotopic (exact) mass is 338 g/mol. The third-order valence-electron chi connectivity index (χ3n) is 3.93. The standard InChI is InChI=1S/C16H22N2O6/c1-22-12-5-4-10(13(23-2)14(12)24-3)16(21)18-8-7-17-15(20)11(18)6-9-19/h4-5,11,19H,6-9H2,1-3H3,(H,17,20)/t11-/m1/s1. The molecule has 132 valence electrons. The molecule has 2 N–H and O–H groups in total. The fraction of sp³-hybridized carbons (Fsp3) is 0.500. The number of methoxy groups -OCH3 is 3. The molecule has 1 saturated heterocycles. The van der Waals surface area contributed by atoms with Crippen LogP contribution in [0.5, 0.6) is 17.2 Å². The zero-order chi connectivity index (χ0) is 17.7. The number of piperazine rings is 1. The fourth-order valence-corrected chi connectivity index (χ4v) is 2.79. The highest BCUT2D eigenvalue weighted by Gasteiger charge is 2.35. The summed E-state index contributed by atoms with van der Waals surface area (Å²) >= 11 is 0. The van der Waals surface area contributed by atoms with Crippen LogP contribution in [-0.4, -0.2) is 68.9 Å². The van der Waals surface area contributed by atoms with Crippen LogP contribution in [0.15, 0.2) is 12.1 Å². The molecule has 0 aromatic heterocycles.